The molecule has 0 radical (unpaired) electrons. The lowest BCUT2D eigenvalue weighted by molar-refractivity contribution is -0.116. The van der Waals surface area contributed by atoms with E-state index in [0.29, 0.717) is 35.7 Å². The zero-order valence-electron chi connectivity index (χ0n) is 14.3. The minimum atomic E-state index is -0.0818. The summed E-state index contributed by atoms with van der Waals surface area (Å²) in [7, 11) is 0. The molecular formula is C20H18N4O2. The van der Waals surface area contributed by atoms with E-state index in [1.807, 2.05) is 19.2 Å². The van der Waals surface area contributed by atoms with Crippen molar-refractivity contribution in [3.63, 3.8) is 0 Å². The topological polar surface area (TPSA) is 79.9 Å². The number of nitrogens with one attached hydrogen (secondary N) is 1. The summed E-state index contributed by atoms with van der Waals surface area (Å²) < 4.78 is 7.47. The molecule has 0 saturated heterocycles. The van der Waals surface area contributed by atoms with E-state index in [4.69, 9.17) is 10.00 Å². The molecule has 0 unspecified atom stereocenters. The van der Waals surface area contributed by atoms with Crippen LogP contribution in [0.5, 0.6) is 11.5 Å². The Kier molecular flexibility index (Phi) is 5.30. The number of para-hydroxylation sites is 1. The molecule has 130 valence electrons. The molecule has 3 aromatic rings. The summed E-state index contributed by atoms with van der Waals surface area (Å²) in [6.45, 7) is 2.49. The fraction of sp³-hybridized carbons (Fsp3) is 0.150. The number of hydrogen-bond acceptors (Lipinski definition) is 4. The van der Waals surface area contributed by atoms with Gasteiger partial charge in [0.2, 0.25) is 5.91 Å². The molecule has 26 heavy (non-hydrogen) atoms. The number of amides is 1. The number of anilines is 1. The van der Waals surface area contributed by atoms with E-state index < -0.39 is 0 Å². The summed E-state index contributed by atoms with van der Waals surface area (Å²) in [5.41, 5.74) is 2.23. The highest BCUT2D eigenvalue weighted by molar-refractivity contribution is 5.90. The molecule has 0 fully saturated rings. The Morgan fingerprint density at radius 1 is 1.23 bits per heavy atom. The highest BCUT2D eigenvalue weighted by Crippen LogP contribution is 2.25. The van der Waals surface area contributed by atoms with E-state index in [-0.39, 0.29) is 5.91 Å². The maximum Gasteiger partial charge on any atom is 0.226 e. The third-order valence-corrected chi connectivity index (χ3v) is 3.70. The van der Waals surface area contributed by atoms with Gasteiger partial charge in [-0.2, -0.15) is 10.4 Å². The van der Waals surface area contributed by atoms with E-state index in [9.17, 15) is 4.79 Å². The summed E-state index contributed by atoms with van der Waals surface area (Å²) in [6, 6.07) is 16.2. The van der Waals surface area contributed by atoms with Gasteiger partial charge in [-0.1, -0.05) is 12.1 Å². The van der Waals surface area contributed by atoms with Crippen molar-refractivity contribution >= 4 is 11.6 Å². The number of carbonyl (C=O) groups excluding carboxylic acids is 1. The van der Waals surface area contributed by atoms with Crippen molar-refractivity contribution in [2.24, 2.45) is 0 Å². The molecule has 0 spiro atoms. The van der Waals surface area contributed by atoms with Crippen molar-refractivity contribution in [3.05, 3.63) is 72.1 Å². The van der Waals surface area contributed by atoms with Crippen LogP contribution in [0.15, 0.2) is 60.9 Å². The van der Waals surface area contributed by atoms with Gasteiger partial charge in [-0.3, -0.25) is 9.48 Å². The monoisotopic (exact) mass is 346 g/mol. The highest BCUT2D eigenvalue weighted by Gasteiger charge is 2.06. The SMILES string of the molecule is Cc1cnn(CCC(=O)Nc2ccc(Oc3ccccc3C#N)cc2)c1. The predicted molar refractivity (Wildman–Crippen MR) is 97.9 cm³/mol. The van der Waals surface area contributed by atoms with Crippen molar-refractivity contribution in [2.75, 3.05) is 5.32 Å². The number of aromatic nitrogens is 2. The first-order chi connectivity index (χ1) is 12.6. The minimum absolute atomic E-state index is 0.0818. The smallest absolute Gasteiger partial charge is 0.226 e. The van der Waals surface area contributed by atoms with E-state index in [2.05, 4.69) is 16.5 Å². The van der Waals surface area contributed by atoms with Crippen LogP contribution >= 0.6 is 0 Å². The second-order valence-electron chi connectivity index (χ2n) is 5.81. The normalized spacial score (nSPS) is 10.2. The van der Waals surface area contributed by atoms with Gasteiger partial charge in [0.25, 0.3) is 0 Å². The second-order valence-corrected chi connectivity index (χ2v) is 5.81. The lowest BCUT2D eigenvalue weighted by atomic mass is 10.2. The number of benzene rings is 2. The first-order valence-electron chi connectivity index (χ1n) is 8.20. The third-order valence-electron chi connectivity index (χ3n) is 3.70. The maximum absolute atomic E-state index is 12.0. The third kappa shape index (κ3) is 4.48. The lowest BCUT2D eigenvalue weighted by Gasteiger charge is -2.09. The minimum Gasteiger partial charge on any atom is -0.456 e. The Morgan fingerprint density at radius 2 is 2.00 bits per heavy atom. The van der Waals surface area contributed by atoms with Crippen molar-refractivity contribution < 1.29 is 9.53 Å². The largest absolute Gasteiger partial charge is 0.456 e. The molecule has 6 heteroatoms. The number of aryl methyl sites for hydroxylation is 2. The van der Waals surface area contributed by atoms with Gasteiger partial charge in [-0.15, -0.1) is 0 Å². The van der Waals surface area contributed by atoms with Crippen LogP contribution in [-0.4, -0.2) is 15.7 Å². The molecule has 6 nitrogen and oxygen atoms in total. The summed E-state index contributed by atoms with van der Waals surface area (Å²) in [5.74, 6) is 1.01. The van der Waals surface area contributed by atoms with Crippen molar-refractivity contribution in [1.29, 1.82) is 5.26 Å². The molecule has 0 bridgehead atoms. The second kappa shape index (κ2) is 7.99. The summed E-state index contributed by atoms with van der Waals surface area (Å²) in [4.78, 5) is 12.0. The van der Waals surface area contributed by atoms with E-state index >= 15 is 0 Å². The van der Waals surface area contributed by atoms with Gasteiger partial charge in [0, 0.05) is 24.8 Å². The Bertz CT molecular complexity index is 939. The van der Waals surface area contributed by atoms with Gasteiger partial charge in [0.1, 0.15) is 17.6 Å². The molecular weight excluding hydrogens is 328 g/mol. The van der Waals surface area contributed by atoms with Crippen LogP contribution in [0.1, 0.15) is 17.5 Å². The maximum atomic E-state index is 12.0. The van der Waals surface area contributed by atoms with Crippen LogP contribution in [0, 0.1) is 18.3 Å². The fourth-order valence-corrected chi connectivity index (χ4v) is 2.41. The molecule has 0 saturated carbocycles. The van der Waals surface area contributed by atoms with Gasteiger partial charge in [-0.25, -0.2) is 0 Å². The van der Waals surface area contributed by atoms with Crippen molar-refractivity contribution in [1.82, 2.24) is 9.78 Å². The standard InChI is InChI=1S/C20H18N4O2/c1-15-13-22-24(14-15)11-10-20(25)23-17-6-8-18(9-7-17)26-19-5-3-2-4-16(19)12-21/h2-9,13-14H,10-11H2,1H3,(H,23,25). The van der Waals surface area contributed by atoms with Gasteiger partial charge in [0.05, 0.1) is 11.8 Å². The van der Waals surface area contributed by atoms with E-state index in [1.54, 1.807) is 53.3 Å². The number of hydrogen-bond donors (Lipinski definition) is 1. The highest BCUT2D eigenvalue weighted by atomic mass is 16.5. The van der Waals surface area contributed by atoms with Crippen LogP contribution in [-0.2, 0) is 11.3 Å². The predicted octanol–water partition coefficient (Wildman–Crippen LogP) is 3.88. The Balaban J connectivity index is 1.55. The van der Waals surface area contributed by atoms with Gasteiger partial charge in [0.15, 0.2) is 0 Å². The zero-order chi connectivity index (χ0) is 18.4. The zero-order valence-corrected chi connectivity index (χ0v) is 14.3. The number of carbonyl (C=O) groups is 1. The molecule has 1 aromatic heterocycles. The van der Waals surface area contributed by atoms with Crippen molar-refractivity contribution in [2.45, 2.75) is 19.9 Å². The first-order valence-corrected chi connectivity index (χ1v) is 8.20. The summed E-state index contributed by atoms with van der Waals surface area (Å²) in [6.07, 6.45) is 4.01. The molecule has 1 N–H and O–H groups in total. The van der Waals surface area contributed by atoms with Crippen molar-refractivity contribution in [3.8, 4) is 17.6 Å². The quantitative estimate of drug-likeness (QED) is 0.734. The Morgan fingerprint density at radius 3 is 2.69 bits per heavy atom. The Labute approximate surface area is 151 Å². The molecule has 0 atom stereocenters. The van der Waals surface area contributed by atoms with Crippen LogP contribution in [0.4, 0.5) is 5.69 Å². The average molecular weight is 346 g/mol. The molecule has 0 aliphatic carbocycles. The average Bonchev–Trinajstić information content (AvgIpc) is 3.07. The molecule has 1 heterocycles. The van der Waals surface area contributed by atoms with Gasteiger partial charge >= 0.3 is 0 Å². The summed E-state index contributed by atoms with van der Waals surface area (Å²) in [5, 5.41) is 16.1. The number of nitrogens with zero attached hydrogens (tertiary/aromatic N) is 3. The van der Waals surface area contributed by atoms with Crippen LogP contribution in [0.3, 0.4) is 0 Å². The van der Waals surface area contributed by atoms with Crippen LogP contribution in [0.2, 0.25) is 0 Å². The lowest BCUT2D eigenvalue weighted by Crippen LogP contribution is -2.14. The molecule has 3 rings (SSSR count). The van der Waals surface area contributed by atoms with Crippen LogP contribution < -0.4 is 10.1 Å². The first kappa shape index (κ1) is 17.2. The number of ether oxygens (including phenoxy) is 1. The fourth-order valence-electron chi connectivity index (χ4n) is 2.41. The van der Waals surface area contributed by atoms with Crippen LogP contribution in [0.25, 0.3) is 0 Å². The molecule has 2 aromatic carbocycles. The number of rotatable bonds is 6. The number of nitriles is 1. The summed E-state index contributed by atoms with van der Waals surface area (Å²) >= 11 is 0. The van der Waals surface area contributed by atoms with Gasteiger partial charge in [-0.05, 0) is 48.9 Å². The van der Waals surface area contributed by atoms with E-state index in [0.717, 1.165) is 5.56 Å². The molecule has 0 aliphatic heterocycles. The van der Waals surface area contributed by atoms with E-state index in [1.165, 1.54) is 0 Å². The van der Waals surface area contributed by atoms with Gasteiger partial charge < -0.3 is 10.1 Å². The molecule has 0 aliphatic rings. The molecule has 1 amide bonds. The Hall–Kier alpha value is -3.59.